The molecule has 1 aromatic heterocycles. The Morgan fingerprint density at radius 3 is 2.20 bits per heavy atom. The largest absolute Gasteiger partial charge is 0.480 e. The second kappa shape index (κ2) is 5.19. The van der Waals surface area contributed by atoms with E-state index in [2.05, 4.69) is 9.97 Å². The number of nitrogens with zero attached hydrogens (tertiary/aromatic N) is 3. The lowest BCUT2D eigenvalue weighted by atomic mass is 10.2. The minimum Gasteiger partial charge on any atom is -0.480 e. The third-order valence-electron chi connectivity index (χ3n) is 3.63. The maximum absolute atomic E-state index is 12.6. The number of carboxylic acid groups (broad SMARTS) is 1. The van der Waals surface area contributed by atoms with Crippen molar-refractivity contribution in [2.75, 3.05) is 0 Å². The minimum atomic E-state index is -1.00. The summed E-state index contributed by atoms with van der Waals surface area (Å²) in [5, 5.41) is 9.16. The smallest absolute Gasteiger partial charge is 0.326 e. The van der Waals surface area contributed by atoms with E-state index in [0.717, 1.165) is 18.5 Å². The molecule has 20 heavy (non-hydrogen) atoms. The average Bonchev–Trinajstić information content (AvgIpc) is 3.18. The summed E-state index contributed by atoms with van der Waals surface area (Å²) in [5.74, 6) is -1.34. The van der Waals surface area contributed by atoms with Gasteiger partial charge in [0.2, 0.25) is 0 Å². The van der Waals surface area contributed by atoms with Gasteiger partial charge in [-0.1, -0.05) is 0 Å². The summed E-state index contributed by atoms with van der Waals surface area (Å²) in [7, 11) is 0. The zero-order valence-electron chi connectivity index (χ0n) is 12.2. The van der Waals surface area contributed by atoms with E-state index in [1.807, 2.05) is 6.92 Å². The van der Waals surface area contributed by atoms with Crippen LogP contribution in [0, 0.1) is 20.8 Å². The van der Waals surface area contributed by atoms with E-state index in [1.165, 1.54) is 11.8 Å². The van der Waals surface area contributed by atoms with Crippen LogP contribution in [0.25, 0.3) is 0 Å². The third kappa shape index (κ3) is 2.64. The molecule has 1 N–H and O–H groups in total. The minimum absolute atomic E-state index is 0.0106. The Bertz CT molecular complexity index is 567. The molecule has 1 aliphatic rings. The number of aliphatic carboxylic acids is 1. The second-order valence-corrected chi connectivity index (χ2v) is 5.29. The van der Waals surface area contributed by atoms with Crippen molar-refractivity contribution in [3.8, 4) is 0 Å². The number of carbonyl (C=O) groups is 2. The highest BCUT2D eigenvalue weighted by molar-refractivity contribution is 5.96. The molecule has 1 fully saturated rings. The number of aryl methyl sites for hydroxylation is 3. The number of carbonyl (C=O) groups excluding carboxylic acids is 1. The van der Waals surface area contributed by atoms with Crippen LogP contribution in [0.2, 0.25) is 0 Å². The molecule has 1 heterocycles. The fraction of sp³-hybridized carbons (Fsp3) is 0.571. The molecule has 0 saturated heterocycles. The number of aromatic nitrogens is 2. The molecule has 1 saturated carbocycles. The van der Waals surface area contributed by atoms with Gasteiger partial charge in [-0.05, 0) is 40.5 Å². The van der Waals surface area contributed by atoms with Crippen molar-refractivity contribution in [2.24, 2.45) is 0 Å². The van der Waals surface area contributed by atoms with Crippen LogP contribution >= 0.6 is 0 Å². The van der Waals surface area contributed by atoms with Crippen molar-refractivity contribution >= 4 is 11.9 Å². The Balaban J connectivity index is 2.37. The Morgan fingerprint density at radius 2 is 1.70 bits per heavy atom. The molecular formula is C14H19N3O3. The molecule has 1 amide bonds. The number of amides is 1. The number of hydrogen-bond donors (Lipinski definition) is 1. The third-order valence-corrected chi connectivity index (χ3v) is 3.63. The van der Waals surface area contributed by atoms with Gasteiger partial charge >= 0.3 is 5.97 Å². The van der Waals surface area contributed by atoms with Crippen molar-refractivity contribution < 1.29 is 14.7 Å². The lowest BCUT2D eigenvalue weighted by Crippen LogP contribution is -2.45. The average molecular weight is 277 g/mol. The van der Waals surface area contributed by atoms with E-state index < -0.39 is 12.0 Å². The maximum atomic E-state index is 12.6. The molecule has 1 aliphatic carbocycles. The van der Waals surface area contributed by atoms with Gasteiger partial charge in [-0.25, -0.2) is 9.78 Å². The maximum Gasteiger partial charge on any atom is 0.326 e. The Labute approximate surface area is 117 Å². The molecule has 0 radical (unpaired) electrons. The monoisotopic (exact) mass is 277 g/mol. The first-order valence-corrected chi connectivity index (χ1v) is 6.70. The number of hydrogen-bond acceptors (Lipinski definition) is 4. The van der Waals surface area contributed by atoms with Crippen LogP contribution in [0.5, 0.6) is 0 Å². The lowest BCUT2D eigenvalue weighted by Gasteiger charge is -2.26. The topological polar surface area (TPSA) is 83.4 Å². The second-order valence-electron chi connectivity index (χ2n) is 5.29. The highest BCUT2D eigenvalue weighted by Gasteiger charge is 2.39. The van der Waals surface area contributed by atoms with E-state index in [9.17, 15) is 9.59 Å². The van der Waals surface area contributed by atoms with E-state index >= 15 is 0 Å². The highest BCUT2D eigenvalue weighted by atomic mass is 16.4. The van der Waals surface area contributed by atoms with Crippen LogP contribution in [0.1, 0.15) is 47.3 Å². The lowest BCUT2D eigenvalue weighted by molar-refractivity contribution is -0.141. The van der Waals surface area contributed by atoms with Gasteiger partial charge in [-0.2, -0.15) is 0 Å². The summed E-state index contributed by atoms with van der Waals surface area (Å²) in [5.41, 5.74) is 2.27. The fourth-order valence-corrected chi connectivity index (χ4v) is 2.17. The molecule has 108 valence electrons. The van der Waals surface area contributed by atoms with E-state index in [0.29, 0.717) is 11.4 Å². The zero-order valence-corrected chi connectivity index (χ0v) is 12.2. The van der Waals surface area contributed by atoms with E-state index in [4.69, 9.17) is 5.11 Å². The summed E-state index contributed by atoms with van der Waals surface area (Å²) in [6, 6.07) is -0.839. The summed E-state index contributed by atoms with van der Waals surface area (Å²) in [6.07, 6.45) is 1.70. The van der Waals surface area contributed by atoms with Gasteiger partial charge in [-0.3, -0.25) is 9.78 Å². The van der Waals surface area contributed by atoms with Crippen LogP contribution in [-0.2, 0) is 4.79 Å². The molecule has 0 bridgehead atoms. The molecule has 1 unspecified atom stereocenters. The molecule has 0 spiro atoms. The van der Waals surface area contributed by atoms with E-state index in [1.54, 1.807) is 13.8 Å². The normalized spacial score (nSPS) is 15.8. The van der Waals surface area contributed by atoms with Crippen LogP contribution < -0.4 is 0 Å². The molecule has 6 nitrogen and oxygen atoms in total. The molecule has 1 aromatic rings. The molecule has 6 heteroatoms. The molecule has 2 rings (SSSR count). The van der Waals surface area contributed by atoms with Gasteiger partial charge in [0.25, 0.3) is 5.91 Å². The Morgan fingerprint density at radius 1 is 1.15 bits per heavy atom. The van der Waals surface area contributed by atoms with Gasteiger partial charge in [0.1, 0.15) is 11.7 Å². The highest BCUT2D eigenvalue weighted by Crippen LogP contribution is 2.30. The first kappa shape index (κ1) is 14.4. The summed E-state index contributed by atoms with van der Waals surface area (Å²) in [4.78, 5) is 33.8. The van der Waals surface area contributed by atoms with Gasteiger partial charge in [0.05, 0.1) is 17.1 Å². The molecular weight excluding hydrogens is 258 g/mol. The van der Waals surface area contributed by atoms with Gasteiger partial charge in [0.15, 0.2) is 0 Å². The Kier molecular flexibility index (Phi) is 3.74. The zero-order chi connectivity index (χ0) is 15.0. The van der Waals surface area contributed by atoms with Crippen molar-refractivity contribution in [3.05, 3.63) is 22.8 Å². The Hall–Kier alpha value is -1.98. The van der Waals surface area contributed by atoms with Crippen LogP contribution in [0.15, 0.2) is 0 Å². The summed E-state index contributed by atoms with van der Waals surface area (Å²) in [6.45, 7) is 6.88. The predicted molar refractivity (Wildman–Crippen MR) is 72.5 cm³/mol. The molecule has 1 atom stereocenters. The van der Waals surface area contributed by atoms with Crippen molar-refractivity contribution in [3.63, 3.8) is 0 Å². The molecule has 0 aliphatic heterocycles. The van der Waals surface area contributed by atoms with Crippen LogP contribution in [0.4, 0.5) is 0 Å². The van der Waals surface area contributed by atoms with Gasteiger partial charge in [0, 0.05) is 6.04 Å². The predicted octanol–water partition coefficient (Wildman–Crippen LogP) is 1.48. The summed E-state index contributed by atoms with van der Waals surface area (Å²) >= 11 is 0. The van der Waals surface area contributed by atoms with Gasteiger partial charge in [-0.15, -0.1) is 0 Å². The van der Waals surface area contributed by atoms with Crippen molar-refractivity contribution in [1.82, 2.24) is 14.9 Å². The van der Waals surface area contributed by atoms with Crippen LogP contribution in [0.3, 0.4) is 0 Å². The number of carboxylic acids is 1. The standard InChI is InChI=1S/C14H19N3O3/c1-7-8(2)16-12(9(3)15-7)13(18)17(11-5-6-11)10(4)14(19)20/h10-11H,5-6H2,1-4H3,(H,19,20). The van der Waals surface area contributed by atoms with Crippen molar-refractivity contribution in [1.29, 1.82) is 0 Å². The SMILES string of the molecule is Cc1nc(C)c(C(=O)N(C2CC2)C(C)C(=O)O)nc1C. The first-order valence-electron chi connectivity index (χ1n) is 6.70. The quantitative estimate of drug-likeness (QED) is 0.901. The van der Waals surface area contributed by atoms with Gasteiger partial charge < -0.3 is 10.0 Å². The van der Waals surface area contributed by atoms with E-state index in [-0.39, 0.29) is 17.6 Å². The number of rotatable bonds is 4. The first-order chi connectivity index (χ1) is 9.32. The molecule has 0 aromatic carbocycles. The summed E-state index contributed by atoms with van der Waals surface area (Å²) < 4.78 is 0. The fourth-order valence-electron chi connectivity index (χ4n) is 2.17. The van der Waals surface area contributed by atoms with Crippen LogP contribution in [-0.4, -0.2) is 43.9 Å². The van der Waals surface area contributed by atoms with Crippen molar-refractivity contribution in [2.45, 2.75) is 52.6 Å².